The Morgan fingerprint density at radius 1 is 1.50 bits per heavy atom. The lowest BCUT2D eigenvalue weighted by Gasteiger charge is -2.16. The van der Waals surface area contributed by atoms with Gasteiger partial charge in [0.15, 0.2) is 0 Å². The fraction of sp³-hybridized carbons (Fsp3) is 0.333. The first-order chi connectivity index (χ1) is 7.39. The Balaban J connectivity index is 3.12. The summed E-state index contributed by atoms with van der Waals surface area (Å²) < 4.78 is 25.6. The number of likely N-dealkylation sites (N-methyl/N-ethyl adjacent to an activating group) is 1. The second-order valence-corrected chi connectivity index (χ2v) is 6.13. The number of nitrogens with zero attached hydrogens (tertiary/aromatic N) is 1. The number of hydrogen-bond donors (Lipinski definition) is 2. The number of sulfonamides is 1. The summed E-state index contributed by atoms with van der Waals surface area (Å²) in [4.78, 5) is 0.115. The van der Waals surface area contributed by atoms with Crippen molar-refractivity contribution < 1.29 is 13.5 Å². The van der Waals surface area contributed by atoms with Gasteiger partial charge in [0.1, 0.15) is 0 Å². The van der Waals surface area contributed by atoms with E-state index in [2.05, 4.69) is 15.9 Å². The lowest BCUT2D eigenvalue weighted by molar-refractivity contribution is 0.266. The van der Waals surface area contributed by atoms with E-state index in [4.69, 9.17) is 10.8 Å². The van der Waals surface area contributed by atoms with E-state index in [1.165, 1.54) is 19.2 Å². The molecule has 0 bridgehead atoms. The summed E-state index contributed by atoms with van der Waals surface area (Å²) in [5, 5.41) is 8.71. The number of rotatable bonds is 4. The Morgan fingerprint density at radius 2 is 2.12 bits per heavy atom. The van der Waals surface area contributed by atoms with Gasteiger partial charge in [-0.3, -0.25) is 0 Å². The molecule has 7 heteroatoms. The van der Waals surface area contributed by atoms with Gasteiger partial charge < -0.3 is 10.8 Å². The molecule has 0 atom stereocenters. The summed E-state index contributed by atoms with van der Waals surface area (Å²) in [5.41, 5.74) is 5.97. The predicted octanol–water partition coefficient (Wildman–Crippen LogP) is 0.644. The first-order valence-electron chi connectivity index (χ1n) is 4.52. The molecular formula is C9H13BrN2O3S. The smallest absolute Gasteiger partial charge is 0.242 e. The van der Waals surface area contributed by atoms with Gasteiger partial charge in [0.05, 0.1) is 11.5 Å². The maximum Gasteiger partial charge on any atom is 0.242 e. The maximum atomic E-state index is 11.9. The largest absolute Gasteiger partial charge is 0.398 e. The number of aliphatic hydroxyl groups is 1. The van der Waals surface area contributed by atoms with Crippen LogP contribution in [-0.4, -0.2) is 38.0 Å². The second kappa shape index (κ2) is 5.13. The lowest BCUT2D eigenvalue weighted by Crippen LogP contribution is -2.29. The van der Waals surface area contributed by atoms with Crippen LogP contribution in [0.2, 0.25) is 0 Å². The molecule has 0 aliphatic rings. The molecule has 0 spiro atoms. The molecule has 3 N–H and O–H groups in total. The van der Waals surface area contributed by atoms with Gasteiger partial charge in [0, 0.05) is 23.8 Å². The second-order valence-electron chi connectivity index (χ2n) is 3.23. The number of hydrogen-bond acceptors (Lipinski definition) is 4. The summed E-state index contributed by atoms with van der Waals surface area (Å²) >= 11 is 3.19. The van der Waals surface area contributed by atoms with Crippen LogP contribution in [0.15, 0.2) is 27.6 Å². The third-order valence-corrected chi connectivity index (χ3v) is 4.67. The van der Waals surface area contributed by atoms with E-state index in [0.29, 0.717) is 10.2 Å². The van der Waals surface area contributed by atoms with Gasteiger partial charge in [0.2, 0.25) is 10.0 Å². The number of nitrogens with two attached hydrogens (primary N) is 1. The Bertz CT molecular complexity index is 476. The van der Waals surface area contributed by atoms with Crippen LogP contribution in [-0.2, 0) is 10.0 Å². The van der Waals surface area contributed by atoms with Crippen LogP contribution in [0.4, 0.5) is 5.69 Å². The normalized spacial score (nSPS) is 12.0. The van der Waals surface area contributed by atoms with Crippen molar-refractivity contribution in [3.05, 3.63) is 22.7 Å². The minimum Gasteiger partial charge on any atom is -0.398 e. The third kappa shape index (κ3) is 2.73. The first kappa shape index (κ1) is 13.4. The fourth-order valence-corrected chi connectivity index (χ4v) is 2.57. The minimum absolute atomic E-state index is 0.0539. The van der Waals surface area contributed by atoms with Gasteiger partial charge in [-0.15, -0.1) is 0 Å². The summed E-state index contributed by atoms with van der Waals surface area (Å²) in [6, 6.07) is 4.42. The monoisotopic (exact) mass is 308 g/mol. The van der Waals surface area contributed by atoms with E-state index in [0.717, 1.165) is 4.31 Å². The van der Waals surface area contributed by atoms with Crippen molar-refractivity contribution in [3.63, 3.8) is 0 Å². The predicted molar refractivity (Wildman–Crippen MR) is 65.5 cm³/mol. The molecule has 0 aliphatic carbocycles. The van der Waals surface area contributed by atoms with Gasteiger partial charge in [0.25, 0.3) is 0 Å². The zero-order valence-corrected chi connectivity index (χ0v) is 11.1. The van der Waals surface area contributed by atoms with Crippen LogP contribution < -0.4 is 5.73 Å². The first-order valence-corrected chi connectivity index (χ1v) is 6.75. The summed E-state index contributed by atoms with van der Waals surface area (Å²) in [7, 11) is -2.16. The minimum atomic E-state index is -3.57. The molecule has 0 aliphatic heterocycles. The van der Waals surface area contributed by atoms with Crippen LogP contribution in [0, 0.1) is 0 Å². The van der Waals surface area contributed by atoms with E-state index >= 15 is 0 Å². The van der Waals surface area contributed by atoms with E-state index < -0.39 is 10.0 Å². The Kier molecular flexibility index (Phi) is 4.31. The molecule has 1 aromatic rings. The van der Waals surface area contributed by atoms with Crippen LogP contribution in [0.3, 0.4) is 0 Å². The molecule has 0 unspecified atom stereocenters. The number of benzene rings is 1. The van der Waals surface area contributed by atoms with Gasteiger partial charge in [-0.25, -0.2) is 8.42 Å². The quantitative estimate of drug-likeness (QED) is 0.800. The molecular weight excluding hydrogens is 296 g/mol. The van der Waals surface area contributed by atoms with Crippen LogP contribution in [0.1, 0.15) is 0 Å². The number of nitrogen functional groups attached to an aromatic ring is 1. The van der Waals surface area contributed by atoms with E-state index in [9.17, 15) is 8.42 Å². The Labute approximate surface area is 103 Å². The van der Waals surface area contributed by atoms with Crippen molar-refractivity contribution in [1.82, 2.24) is 4.31 Å². The van der Waals surface area contributed by atoms with E-state index in [1.807, 2.05) is 0 Å². The molecule has 90 valence electrons. The summed E-state index contributed by atoms with van der Waals surface area (Å²) in [6.07, 6.45) is 0. The summed E-state index contributed by atoms with van der Waals surface area (Å²) in [5.74, 6) is 0. The molecule has 0 radical (unpaired) electrons. The molecule has 0 aromatic heterocycles. The van der Waals surface area contributed by atoms with Crippen molar-refractivity contribution in [3.8, 4) is 0 Å². The highest BCUT2D eigenvalue weighted by Gasteiger charge is 2.20. The summed E-state index contributed by atoms with van der Waals surface area (Å²) in [6.45, 7) is -0.167. The topological polar surface area (TPSA) is 83.6 Å². The molecule has 0 saturated heterocycles. The van der Waals surface area contributed by atoms with Crippen LogP contribution in [0.5, 0.6) is 0 Å². The SMILES string of the molecule is CN(CCO)S(=O)(=O)c1ccc(Br)c(N)c1. The van der Waals surface area contributed by atoms with Crippen molar-refractivity contribution >= 4 is 31.6 Å². The highest BCUT2D eigenvalue weighted by Crippen LogP contribution is 2.24. The van der Waals surface area contributed by atoms with Crippen LogP contribution in [0.25, 0.3) is 0 Å². The number of anilines is 1. The Morgan fingerprint density at radius 3 is 2.62 bits per heavy atom. The number of aliphatic hydroxyl groups excluding tert-OH is 1. The van der Waals surface area contributed by atoms with Gasteiger partial charge >= 0.3 is 0 Å². The van der Waals surface area contributed by atoms with Gasteiger partial charge in [-0.1, -0.05) is 0 Å². The van der Waals surface area contributed by atoms with E-state index in [-0.39, 0.29) is 18.0 Å². The average molecular weight is 309 g/mol. The molecule has 1 aromatic carbocycles. The molecule has 0 fully saturated rings. The molecule has 1 rings (SSSR count). The molecule has 0 heterocycles. The standard InChI is InChI=1S/C9H13BrN2O3S/c1-12(4-5-13)16(14,15)7-2-3-8(10)9(11)6-7/h2-3,6,13H,4-5,11H2,1H3. The highest BCUT2D eigenvalue weighted by molar-refractivity contribution is 9.10. The zero-order chi connectivity index (χ0) is 12.3. The number of halogens is 1. The molecule has 16 heavy (non-hydrogen) atoms. The van der Waals surface area contributed by atoms with Gasteiger partial charge in [-0.05, 0) is 34.1 Å². The zero-order valence-electron chi connectivity index (χ0n) is 8.72. The maximum absolute atomic E-state index is 11.9. The average Bonchev–Trinajstić information content (AvgIpc) is 2.22. The van der Waals surface area contributed by atoms with Crippen molar-refractivity contribution in [2.45, 2.75) is 4.90 Å². The fourth-order valence-electron chi connectivity index (χ4n) is 1.12. The van der Waals surface area contributed by atoms with E-state index in [1.54, 1.807) is 6.07 Å². The third-order valence-electron chi connectivity index (χ3n) is 2.09. The highest BCUT2D eigenvalue weighted by atomic mass is 79.9. The van der Waals surface area contributed by atoms with Crippen molar-refractivity contribution in [2.75, 3.05) is 25.9 Å². The molecule has 5 nitrogen and oxygen atoms in total. The van der Waals surface area contributed by atoms with Crippen molar-refractivity contribution in [2.24, 2.45) is 0 Å². The van der Waals surface area contributed by atoms with Crippen molar-refractivity contribution in [1.29, 1.82) is 0 Å². The van der Waals surface area contributed by atoms with Crippen LogP contribution >= 0.6 is 15.9 Å². The molecule has 0 saturated carbocycles. The Hall–Kier alpha value is -0.630. The van der Waals surface area contributed by atoms with Gasteiger partial charge in [-0.2, -0.15) is 4.31 Å². The lowest BCUT2D eigenvalue weighted by atomic mass is 10.3. The molecule has 0 amide bonds.